The van der Waals surface area contributed by atoms with E-state index in [0.29, 0.717) is 12.2 Å². The predicted molar refractivity (Wildman–Crippen MR) is 126 cm³/mol. The normalized spacial score (nSPS) is 15.1. The average Bonchev–Trinajstić information content (AvgIpc) is 3.19. The van der Waals surface area contributed by atoms with Gasteiger partial charge in [0, 0.05) is 31.7 Å². The van der Waals surface area contributed by atoms with Crippen LogP contribution in [0.2, 0.25) is 0 Å². The number of likely N-dealkylation sites (N-methyl/N-ethyl adjacent to an activating group) is 2. The summed E-state index contributed by atoms with van der Waals surface area (Å²) in [4.78, 5) is 13.0. The molecule has 5 nitrogen and oxygen atoms in total. The molecule has 1 aliphatic rings. The summed E-state index contributed by atoms with van der Waals surface area (Å²) >= 11 is 0. The number of rotatable bonds is 9. The molecule has 0 unspecified atom stereocenters. The summed E-state index contributed by atoms with van der Waals surface area (Å²) in [7, 11) is 0. The van der Waals surface area contributed by atoms with Crippen molar-refractivity contribution in [1.82, 2.24) is 15.3 Å². The molecule has 0 bridgehead atoms. The summed E-state index contributed by atoms with van der Waals surface area (Å²) in [6.07, 6.45) is 2.91. The molecule has 31 heavy (non-hydrogen) atoms. The van der Waals surface area contributed by atoms with E-state index in [0.717, 1.165) is 49.5 Å². The Kier molecular flexibility index (Phi) is 8.27. The summed E-state index contributed by atoms with van der Waals surface area (Å²) in [6.45, 7) is 12.6. The quantitative estimate of drug-likeness (QED) is 0.608. The number of carbonyl (C=O) groups excluding carboxylic acids is 1. The summed E-state index contributed by atoms with van der Waals surface area (Å²) in [6, 6.07) is 16.0. The lowest BCUT2D eigenvalue weighted by atomic mass is 10.0. The van der Waals surface area contributed by atoms with Crippen LogP contribution in [0, 0.1) is 0 Å². The van der Waals surface area contributed by atoms with Crippen LogP contribution in [0.4, 0.5) is 0 Å². The van der Waals surface area contributed by atoms with Gasteiger partial charge in [-0.3, -0.25) is 4.79 Å². The second kappa shape index (κ2) is 11.1. The lowest BCUT2D eigenvalue weighted by molar-refractivity contribution is 0.0388. The number of hydrogen-bond donors (Lipinski definition) is 1. The van der Waals surface area contributed by atoms with Crippen LogP contribution in [0.15, 0.2) is 60.2 Å². The zero-order valence-electron chi connectivity index (χ0n) is 19.2. The van der Waals surface area contributed by atoms with Crippen molar-refractivity contribution in [2.24, 2.45) is 0 Å². The molecule has 0 atom stereocenters. The molecule has 0 aliphatic carbocycles. The van der Waals surface area contributed by atoms with Crippen molar-refractivity contribution in [1.29, 1.82) is 0 Å². The Morgan fingerprint density at radius 2 is 1.74 bits per heavy atom. The van der Waals surface area contributed by atoms with E-state index in [9.17, 15) is 4.79 Å². The average molecular weight is 422 g/mol. The van der Waals surface area contributed by atoms with Gasteiger partial charge in [-0.05, 0) is 49.6 Å². The molecule has 1 saturated heterocycles. The monoisotopic (exact) mass is 421 g/mol. The van der Waals surface area contributed by atoms with E-state index in [-0.39, 0.29) is 11.9 Å². The number of amides is 1. The van der Waals surface area contributed by atoms with Gasteiger partial charge in [0.1, 0.15) is 12.4 Å². The fourth-order valence-electron chi connectivity index (χ4n) is 3.89. The van der Waals surface area contributed by atoms with Gasteiger partial charge in [0.15, 0.2) is 0 Å². The molecule has 0 spiro atoms. The minimum atomic E-state index is -0.0212. The highest BCUT2D eigenvalue weighted by Crippen LogP contribution is 2.23. The van der Waals surface area contributed by atoms with Gasteiger partial charge < -0.3 is 10.1 Å². The van der Waals surface area contributed by atoms with Crippen LogP contribution in [0.25, 0.3) is 0 Å². The van der Waals surface area contributed by atoms with Crippen LogP contribution in [-0.4, -0.2) is 48.1 Å². The van der Waals surface area contributed by atoms with E-state index in [1.54, 1.807) is 0 Å². The fraction of sp³-hybridized carbons (Fsp3) is 0.423. The molecular weight excluding hydrogens is 386 g/mol. The van der Waals surface area contributed by atoms with E-state index in [1.165, 1.54) is 5.57 Å². The van der Waals surface area contributed by atoms with Crippen LogP contribution in [0.1, 0.15) is 49.2 Å². The second-order valence-electron chi connectivity index (χ2n) is 8.26. The van der Waals surface area contributed by atoms with Gasteiger partial charge in [0.2, 0.25) is 0 Å². The third-order valence-corrected chi connectivity index (χ3v) is 5.62. The van der Waals surface area contributed by atoms with Gasteiger partial charge in [0.05, 0.1) is 6.04 Å². The van der Waals surface area contributed by atoms with E-state index >= 15 is 0 Å². The Morgan fingerprint density at radius 3 is 2.35 bits per heavy atom. The Morgan fingerprint density at radius 1 is 1.06 bits per heavy atom. The first-order valence-electron chi connectivity index (χ1n) is 11.2. The lowest BCUT2D eigenvalue weighted by Gasteiger charge is -2.24. The smallest absolute Gasteiger partial charge is 0.251 e. The van der Waals surface area contributed by atoms with Crippen LogP contribution in [0.5, 0.6) is 5.75 Å². The van der Waals surface area contributed by atoms with Crippen molar-refractivity contribution in [2.45, 2.75) is 46.8 Å². The molecule has 1 N–H and O–H groups in total. The van der Waals surface area contributed by atoms with E-state index in [4.69, 9.17) is 4.74 Å². The van der Waals surface area contributed by atoms with Gasteiger partial charge in [-0.25, -0.2) is 10.0 Å². The van der Waals surface area contributed by atoms with Crippen LogP contribution < -0.4 is 10.1 Å². The second-order valence-corrected chi connectivity index (χ2v) is 8.26. The minimum Gasteiger partial charge on any atom is -0.489 e. The number of carbonyl (C=O) groups is 1. The van der Waals surface area contributed by atoms with Crippen molar-refractivity contribution in [3.8, 4) is 5.75 Å². The minimum absolute atomic E-state index is 0.0212. The molecule has 1 aliphatic heterocycles. The maximum atomic E-state index is 13.0. The van der Waals surface area contributed by atoms with Crippen molar-refractivity contribution >= 4 is 5.91 Å². The molecule has 1 heterocycles. The van der Waals surface area contributed by atoms with Gasteiger partial charge in [-0.2, -0.15) is 0 Å². The molecule has 2 aromatic carbocycles. The van der Waals surface area contributed by atoms with E-state index < -0.39 is 0 Å². The van der Waals surface area contributed by atoms with Gasteiger partial charge in [-0.15, -0.1) is 0 Å². The number of nitrogens with zero attached hydrogens (tertiary/aromatic N) is 2. The zero-order chi connectivity index (χ0) is 22.2. The highest BCUT2D eigenvalue weighted by Gasteiger charge is 2.29. The number of benzene rings is 2. The first-order valence-corrected chi connectivity index (χ1v) is 11.2. The molecule has 2 aromatic rings. The van der Waals surface area contributed by atoms with Crippen molar-refractivity contribution in [2.75, 3.05) is 26.2 Å². The van der Waals surface area contributed by atoms with E-state index in [2.05, 4.69) is 61.2 Å². The number of hydrogen-bond acceptors (Lipinski definition) is 4. The molecule has 1 amide bonds. The number of ether oxygens (including phenoxy) is 1. The molecule has 0 aromatic heterocycles. The highest BCUT2D eigenvalue weighted by atomic mass is 16.5. The third kappa shape index (κ3) is 6.42. The highest BCUT2D eigenvalue weighted by molar-refractivity contribution is 5.94. The van der Waals surface area contributed by atoms with E-state index in [1.807, 2.05) is 36.4 Å². The van der Waals surface area contributed by atoms with Crippen molar-refractivity contribution < 1.29 is 9.53 Å². The summed E-state index contributed by atoms with van der Waals surface area (Å²) in [5, 5.41) is 7.81. The van der Waals surface area contributed by atoms with Crippen LogP contribution in [0.3, 0.4) is 0 Å². The van der Waals surface area contributed by atoms with Crippen molar-refractivity contribution in [3.63, 3.8) is 0 Å². The first kappa shape index (κ1) is 23.0. The Balaban J connectivity index is 1.72. The Hall–Kier alpha value is -2.63. The fourth-order valence-corrected chi connectivity index (χ4v) is 3.89. The molecule has 166 valence electrons. The maximum absolute atomic E-state index is 13.0. The predicted octanol–water partition coefficient (Wildman–Crippen LogP) is 4.45. The van der Waals surface area contributed by atoms with Gasteiger partial charge >= 0.3 is 0 Å². The molecule has 1 fully saturated rings. The molecule has 5 heteroatoms. The Bertz CT molecular complexity index is 879. The SMILES string of the molecule is CCN1CC(NC(=O)c2ccc(OCc3ccccc3)c(CC=C(C)C)c2)CN1CC. The molecule has 0 radical (unpaired) electrons. The summed E-state index contributed by atoms with van der Waals surface area (Å²) < 4.78 is 6.11. The number of nitrogens with one attached hydrogen (secondary N) is 1. The topological polar surface area (TPSA) is 44.8 Å². The maximum Gasteiger partial charge on any atom is 0.251 e. The van der Waals surface area contributed by atoms with Crippen LogP contribution in [-0.2, 0) is 13.0 Å². The Labute approximate surface area is 186 Å². The van der Waals surface area contributed by atoms with Crippen LogP contribution >= 0.6 is 0 Å². The molecule has 0 saturated carbocycles. The molecule has 3 rings (SSSR count). The van der Waals surface area contributed by atoms with Gasteiger partial charge in [0.25, 0.3) is 5.91 Å². The third-order valence-electron chi connectivity index (χ3n) is 5.62. The number of hydrazine groups is 1. The first-order chi connectivity index (χ1) is 15.0. The lowest BCUT2D eigenvalue weighted by Crippen LogP contribution is -2.38. The zero-order valence-corrected chi connectivity index (χ0v) is 19.2. The van der Waals surface area contributed by atoms with Crippen molar-refractivity contribution in [3.05, 3.63) is 76.9 Å². The largest absolute Gasteiger partial charge is 0.489 e. The molecular formula is C26H35N3O2. The van der Waals surface area contributed by atoms with Gasteiger partial charge in [-0.1, -0.05) is 55.8 Å². The standard InChI is InChI=1S/C26H35N3O2/c1-5-28-17-24(18-29(28)6-2)27-26(30)23-14-15-25(22(16-23)13-12-20(3)4)31-19-21-10-8-7-9-11-21/h7-12,14-16,24H,5-6,13,17-19H2,1-4H3,(H,27,30). The number of allylic oxidation sites excluding steroid dienone is 2. The summed E-state index contributed by atoms with van der Waals surface area (Å²) in [5.74, 6) is 0.806. The summed E-state index contributed by atoms with van der Waals surface area (Å²) in [5.41, 5.74) is 4.08.